The highest BCUT2D eigenvalue weighted by molar-refractivity contribution is 7.89. The maximum Gasteiger partial charge on any atom is 0.255 e. The van der Waals surface area contributed by atoms with Crippen LogP contribution in [0.3, 0.4) is 0 Å². The fraction of sp³-hybridized carbons (Fsp3) is 0.696. The number of ether oxygens (including phenoxy) is 2. The Morgan fingerprint density at radius 2 is 1.88 bits per heavy atom. The maximum absolute atomic E-state index is 13.3. The number of carbonyl (C=O) groups is 1. The van der Waals surface area contributed by atoms with Gasteiger partial charge in [-0.3, -0.25) is 4.79 Å². The zero-order chi connectivity index (χ0) is 24.1. The molecular formula is C23H35ClN4O5S. The van der Waals surface area contributed by atoms with Gasteiger partial charge < -0.3 is 25.0 Å². The lowest BCUT2D eigenvalue weighted by Crippen LogP contribution is -2.48. The van der Waals surface area contributed by atoms with E-state index in [1.165, 1.54) is 0 Å². The molecule has 0 saturated carbocycles. The number of hydrogen-bond acceptors (Lipinski definition) is 7. The highest BCUT2D eigenvalue weighted by atomic mass is 35.5. The first-order valence-corrected chi connectivity index (χ1v) is 14.1. The fourth-order valence-electron chi connectivity index (χ4n) is 4.89. The molecule has 0 radical (unpaired) electrons. The second kappa shape index (κ2) is 11.4. The van der Waals surface area contributed by atoms with Gasteiger partial charge >= 0.3 is 0 Å². The first kappa shape index (κ1) is 25.5. The van der Waals surface area contributed by atoms with Gasteiger partial charge in [0.15, 0.2) is 11.5 Å². The lowest BCUT2D eigenvalue weighted by Gasteiger charge is -2.33. The van der Waals surface area contributed by atoms with Crippen LogP contribution in [0.5, 0.6) is 11.5 Å². The molecule has 1 aromatic rings. The Labute approximate surface area is 207 Å². The number of hydrogen-bond donors (Lipinski definition) is 2. The van der Waals surface area contributed by atoms with E-state index in [-0.39, 0.29) is 23.6 Å². The molecule has 1 aromatic carbocycles. The predicted molar refractivity (Wildman–Crippen MR) is 131 cm³/mol. The van der Waals surface area contributed by atoms with Crippen LogP contribution in [0.2, 0.25) is 5.02 Å². The van der Waals surface area contributed by atoms with E-state index in [0.29, 0.717) is 61.2 Å². The fourth-order valence-corrected chi connectivity index (χ4v) is 6.61. The van der Waals surface area contributed by atoms with Gasteiger partial charge in [0, 0.05) is 43.3 Å². The number of rotatable bonds is 8. The van der Waals surface area contributed by atoms with E-state index in [1.807, 2.05) is 7.05 Å². The van der Waals surface area contributed by atoms with Crippen LogP contribution in [0.15, 0.2) is 12.1 Å². The van der Waals surface area contributed by atoms with Gasteiger partial charge in [-0.1, -0.05) is 11.6 Å². The highest BCUT2D eigenvalue weighted by Crippen LogP contribution is 2.37. The number of amides is 1. The molecule has 1 amide bonds. The average molecular weight is 515 g/mol. The topological polar surface area (TPSA) is 100 Å². The summed E-state index contributed by atoms with van der Waals surface area (Å²) in [7, 11) is -1.30. The largest absolute Gasteiger partial charge is 0.486 e. The van der Waals surface area contributed by atoms with E-state index in [1.54, 1.807) is 16.4 Å². The number of likely N-dealkylation sites (N-methyl/N-ethyl adjacent to an activating group) is 1. The van der Waals surface area contributed by atoms with Crippen LogP contribution >= 0.6 is 11.6 Å². The van der Waals surface area contributed by atoms with Crippen molar-refractivity contribution in [2.75, 3.05) is 65.3 Å². The third kappa shape index (κ3) is 6.34. The first-order valence-electron chi connectivity index (χ1n) is 12.1. The van der Waals surface area contributed by atoms with E-state index in [0.717, 1.165) is 39.0 Å². The summed E-state index contributed by atoms with van der Waals surface area (Å²) in [4.78, 5) is 15.4. The SMILES string of the molecule is CN1CCN(S(=O)(=O)CCCC(NC(=O)c2cc(Cl)cc3c2OCCO3)C2CCNCC2)CC1. The molecule has 0 spiro atoms. The van der Waals surface area contributed by atoms with Crippen LogP contribution in [-0.4, -0.2) is 94.9 Å². The minimum absolute atomic E-state index is 0.0948. The third-order valence-corrected chi connectivity index (χ3v) is 9.07. The molecule has 190 valence electrons. The number of halogens is 1. The Morgan fingerprint density at radius 1 is 1.18 bits per heavy atom. The summed E-state index contributed by atoms with van der Waals surface area (Å²) in [5.41, 5.74) is 0.353. The lowest BCUT2D eigenvalue weighted by molar-refractivity contribution is 0.0900. The van der Waals surface area contributed by atoms with Gasteiger partial charge in [0.1, 0.15) is 13.2 Å². The molecule has 0 aliphatic carbocycles. The Morgan fingerprint density at radius 3 is 2.62 bits per heavy atom. The van der Waals surface area contributed by atoms with Crippen molar-refractivity contribution in [1.82, 2.24) is 19.8 Å². The van der Waals surface area contributed by atoms with Crippen molar-refractivity contribution in [3.63, 3.8) is 0 Å². The third-order valence-electron chi connectivity index (χ3n) is 6.89. The summed E-state index contributed by atoms with van der Waals surface area (Å²) in [5, 5.41) is 6.94. The Kier molecular flexibility index (Phi) is 8.57. The monoisotopic (exact) mass is 514 g/mol. The molecule has 3 aliphatic rings. The van der Waals surface area contributed by atoms with Crippen LogP contribution in [-0.2, 0) is 10.0 Å². The standard InChI is InChI=1S/C23H35ClN4O5S/c1-27-8-10-28(11-9-27)34(30,31)14-2-3-20(17-4-6-25-7-5-17)26-23(29)19-15-18(24)16-21-22(19)33-13-12-32-21/h15-17,20,25H,2-14H2,1H3,(H,26,29). The molecule has 3 heterocycles. The van der Waals surface area contributed by atoms with Crippen LogP contribution in [0.4, 0.5) is 0 Å². The van der Waals surface area contributed by atoms with Crippen molar-refractivity contribution < 1.29 is 22.7 Å². The second-order valence-electron chi connectivity index (χ2n) is 9.31. The Balaban J connectivity index is 1.42. The molecule has 11 heteroatoms. The van der Waals surface area contributed by atoms with Gasteiger partial charge in [-0.2, -0.15) is 4.31 Å². The summed E-state index contributed by atoms with van der Waals surface area (Å²) in [6, 6.07) is 3.12. The molecule has 9 nitrogen and oxygen atoms in total. The number of piperazine rings is 1. The average Bonchev–Trinajstić information content (AvgIpc) is 2.83. The van der Waals surface area contributed by atoms with Crippen LogP contribution in [0.25, 0.3) is 0 Å². The zero-order valence-electron chi connectivity index (χ0n) is 19.7. The Hall–Kier alpha value is -1.59. The van der Waals surface area contributed by atoms with Crippen LogP contribution in [0.1, 0.15) is 36.0 Å². The summed E-state index contributed by atoms with van der Waals surface area (Å²) in [5.74, 6) is 0.992. The molecule has 4 rings (SSSR count). The van der Waals surface area contributed by atoms with Crippen LogP contribution in [0, 0.1) is 5.92 Å². The van der Waals surface area contributed by atoms with Gasteiger partial charge in [-0.25, -0.2) is 8.42 Å². The molecule has 3 aliphatic heterocycles. The van der Waals surface area contributed by atoms with E-state index in [2.05, 4.69) is 15.5 Å². The maximum atomic E-state index is 13.3. The molecule has 0 bridgehead atoms. The summed E-state index contributed by atoms with van der Waals surface area (Å²) < 4.78 is 38.6. The van der Waals surface area contributed by atoms with Gasteiger partial charge in [-0.15, -0.1) is 0 Å². The molecule has 2 fully saturated rings. The molecule has 1 atom stereocenters. The van der Waals surface area contributed by atoms with E-state index >= 15 is 0 Å². The second-order valence-corrected chi connectivity index (χ2v) is 11.8. The molecule has 34 heavy (non-hydrogen) atoms. The smallest absolute Gasteiger partial charge is 0.255 e. The number of nitrogens with zero attached hydrogens (tertiary/aromatic N) is 2. The van der Waals surface area contributed by atoms with Gasteiger partial charge in [0.25, 0.3) is 5.91 Å². The molecular weight excluding hydrogens is 480 g/mol. The van der Waals surface area contributed by atoms with Crippen molar-refractivity contribution in [2.45, 2.75) is 31.7 Å². The first-order chi connectivity index (χ1) is 16.3. The van der Waals surface area contributed by atoms with Crippen molar-refractivity contribution in [3.8, 4) is 11.5 Å². The number of fused-ring (bicyclic) bond motifs is 1. The number of sulfonamides is 1. The van der Waals surface area contributed by atoms with Gasteiger partial charge in [0.2, 0.25) is 10.0 Å². The van der Waals surface area contributed by atoms with E-state index < -0.39 is 10.0 Å². The number of benzene rings is 1. The van der Waals surface area contributed by atoms with Gasteiger partial charge in [-0.05, 0) is 57.8 Å². The summed E-state index contributed by atoms with van der Waals surface area (Å²) in [6.07, 6.45) is 2.97. The quantitative estimate of drug-likeness (QED) is 0.543. The molecule has 0 aromatic heterocycles. The number of nitrogens with one attached hydrogen (secondary N) is 2. The summed E-state index contributed by atoms with van der Waals surface area (Å²) >= 11 is 6.23. The van der Waals surface area contributed by atoms with E-state index in [9.17, 15) is 13.2 Å². The minimum atomic E-state index is -3.30. The molecule has 2 N–H and O–H groups in total. The van der Waals surface area contributed by atoms with E-state index in [4.69, 9.17) is 21.1 Å². The van der Waals surface area contributed by atoms with Crippen molar-refractivity contribution >= 4 is 27.5 Å². The van der Waals surface area contributed by atoms with Gasteiger partial charge in [0.05, 0.1) is 11.3 Å². The van der Waals surface area contributed by atoms with Crippen molar-refractivity contribution in [1.29, 1.82) is 0 Å². The summed E-state index contributed by atoms with van der Waals surface area (Å²) in [6.45, 7) is 5.14. The normalized spacial score (nSPS) is 21.2. The van der Waals surface area contributed by atoms with Crippen molar-refractivity contribution in [2.24, 2.45) is 5.92 Å². The highest BCUT2D eigenvalue weighted by Gasteiger charge is 2.30. The molecule has 1 unspecified atom stereocenters. The van der Waals surface area contributed by atoms with Crippen LogP contribution < -0.4 is 20.1 Å². The molecule has 2 saturated heterocycles. The minimum Gasteiger partial charge on any atom is -0.486 e. The Bertz CT molecular complexity index is 962. The zero-order valence-corrected chi connectivity index (χ0v) is 21.3. The number of carbonyl (C=O) groups excluding carboxylic acids is 1. The predicted octanol–water partition coefficient (Wildman–Crippen LogP) is 1.57. The number of piperidine rings is 1. The van der Waals surface area contributed by atoms with Crippen molar-refractivity contribution in [3.05, 3.63) is 22.7 Å². The lowest BCUT2D eigenvalue weighted by atomic mass is 9.87.